The highest BCUT2D eigenvalue weighted by atomic mass is 32.2. The standard InChI is InChI=1S/C23H26N4O5S/c1-16-10-11-17(14-20(16)33(31,32)26-12-6-2-3-7-13-26)24-21(28)15-27-23(30)19-9-5-4-8-18(19)22(29)25-27/h4-5,8-11,14H,2-3,6-7,12-13,15H2,1H3,(H,24,28)(H,25,29). The maximum absolute atomic E-state index is 13.2. The predicted octanol–water partition coefficient (Wildman–Crippen LogP) is 2.20. The van der Waals surface area contributed by atoms with Crippen LogP contribution in [0.2, 0.25) is 0 Å². The number of carbonyl (C=O) groups is 1. The summed E-state index contributed by atoms with van der Waals surface area (Å²) in [5, 5.41) is 5.52. The highest BCUT2D eigenvalue weighted by molar-refractivity contribution is 7.89. The number of amides is 1. The number of fused-ring (bicyclic) bond motifs is 1. The number of sulfonamides is 1. The lowest BCUT2D eigenvalue weighted by atomic mass is 10.2. The van der Waals surface area contributed by atoms with Gasteiger partial charge >= 0.3 is 0 Å². The number of aromatic nitrogens is 2. The molecular formula is C23H26N4O5S. The molecule has 4 rings (SSSR count). The van der Waals surface area contributed by atoms with Crippen molar-refractivity contribution >= 4 is 32.4 Å². The van der Waals surface area contributed by atoms with E-state index in [0.29, 0.717) is 24.3 Å². The summed E-state index contributed by atoms with van der Waals surface area (Å²) in [6, 6.07) is 11.1. The lowest BCUT2D eigenvalue weighted by molar-refractivity contribution is -0.117. The molecule has 1 aromatic heterocycles. The fourth-order valence-electron chi connectivity index (χ4n) is 4.08. The quantitative estimate of drug-likeness (QED) is 0.592. The van der Waals surface area contributed by atoms with Crippen LogP contribution in [0.1, 0.15) is 31.2 Å². The van der Waals surface area contributed by atoms with Gasteiger partial charge in [0.15, 0.2) is 0 Å². The van der Waals surface area contributed by atoms with E-state index in [0.717, 1.165) is 30.4 Å². The number of hydrogen-bond donors (Lipinski definition) is 2. The number of hydrogen-bond acceptors (Lipinski definition) is 5. The number of nitrogens with one attached hydrogen (secondary N) is 2. The van der Waals surface area contributed by atoms with Crippen LogP contribution in [0.3, 0.4) is 0 Å². The van der Waals surface area contributed by atoms with Gasteiger partial charge in [-0.25, -0.2) is 13.1 Å². The third-order valence-corrected chi connectivity index (χ3v) is 7.88. The Balaban J connectivity index is 1.57. The monoisotopic (exact) mass is 470 g/mol. The molecule has 33 heavy (non-hydrogen) atoms. The lowest BCUT2D eigenvalue weighted by Gasteiger charge is -2.21. The predicted molar refractivity (Wildman–Crippen MR) is 126 cm³/mol. The van der Waals surface area contributed by atoms with Crippen molar-refractivity contribution in [2.24, 2.45) is 0 Å². The molecule has 1 amide bonds. The summed E-state index contributed by atoms with van der Waals surface area (Å²) < 4.78 is 28.9. The first-order valence-corrected chi connectivity index (χ1v) is 12.3. The molecule has 174 valence electrons. The molecule has 0 aliphatic carbocycles. The number of anilines is 1. The number of rotatable bonds is 5. The van der Waals surface area contributed by atoms with E-state index in [2.05, 4.69) is 10.4 Å². The molecular weight excluding hydrogens is 444 g/mol. The van der Waals surface area contributed by atoms with Crippen LogP contribution in [-0.4, -0.2) is 41.5 Å². The Morgan fingerprint density at radius 1 is 1.00 bits per heavy atom. The van der Waals surface area contributed by atoms with E-state index in [9.17, 15) is 22.8 Å². The molecule has 1 saturated heterocycles. The van der Waals surface area contributed by atoms with Crippen LogP contribution in [-0.2, 0) is 21.4 Å². The molecule has 0 atom stereocenters. The Morgan fingerprint density at radius 3 is 2.36 bits per heavy atom. The second-order valence-electron chi connectivity index (χ2n) is 8.22. The topological polar surface area (TPSA) is 121 Å². The van der Waals surface area contributed by atoms with Gasteiger partial charge in [-0.05, 0) is 49.6 Å². The van der Waals surface area contributed by atoms with Crippen LogP contribution < -0.4 is 16.4 Å². The summed E-state index contributed by atoms with van der Waals surface area (Å²) in [6.07, 6.45) is 3.68. The SMILES string of the molecule is Cc1ccc(NC(=O)Cn2[nH]c(=O)c3ccccc3c2=O)cc1S(=O)(=O)N1CCCCCC1. The van der Waals surface area contributed by atoms with Crippen molar-refractivity contribution in [3.63, 3.8) is 0 Å². The van der Waals surface area contributed by atoms with Crippen LogP contribution in [0.5, 0.6) is 0 Å². The average Bonchev–Trinajstić information content (AvgIpc) is 3.09. The Morgan fingerprint density at radius 2 is 1.67 bits per heavy atom. The van der Waals surface area contributed by atoms with Crippen LogP contribution >= 0.6 is 0 Å². The smallest absolute Gasteiger partial charge is 0.273 e. The van der Waals surface area contributed by atoms with Crippen molar-refractivity contribution in [2.75, 3.05) is 18.4 Å². The second kappa shape index (κ2) is 9.32. The van der Waals surface area contributed by atoms with Gasteiger partial charge < -0.3 is 5.32 Å². The van der Waals surface area contributed by atoms with E-state index < -0.39 is 33.6 Å². The van der Waals surface area contributed by atoms with Crippen molar-refractivity contribution in [3.8, 4) is 0 Å². The molecule has 0 spiro atoms. The second-order valence-corrected chi connectivity index (χ2v) is 10.1. The first kappa shape index (κ1) is 22.9. The van der Waals surface area contributed by atoms with Gasteiger partial charge in [0.25, 0.3) is 11.1 Å². The van der Waals surface area contributed by atoms with E-state index >= 15 is 0 Å². The minimum Gasteiger partial charge on any atom is -0.324 e. The highest BCUT2D eigenvalue weighted by Crippen LogP contribution is 2.25. The van der Waals surface area contributed by atoms with Gasteiger partial charge in [0.2, 0.25) is 15.9 Å². The molecule has 1 aliphatic heterocycles. The zero-order valence-electron chi connectivity index (χ0n) is 18.3. The summed E-state index contributed by atoms with van der Waals surface area (Å²) in [6.45, 7) is 2.27. The lowest BCUT2D eigenvalue weighted by Crippen LogP contribution is -2.34. The van der Waals surface area contributed by atoms with E-state index in [4.69, 9.17) is 0 Å². The summed E-state index contributed by atoms with van der Waals surface area (Å²) in [7, 11) is -3.69. The molecule has 3 aromatic rings. The molecule has 9 nitrogen and oxygen atoms in total. The highest BCUT2D eigenvalue weighted by Gasteiger charge is 2.27. The number of benzene rings is 2. The van der Waals surface area contributed by atoms with Crippen molar-refractivity contribution in [3.05, 3.63) is 68.7 Å². The molecule has 0 bridgehead atoms. The maximum atomic E-state index is 13.2. The molecule has 10 heteroatoms. The third kappa shape index (κ3) is 4.76. The Bertz CT molecular complexity index is 1420. The average molecular weight is 471 g/mol. The molecule has 2 aromatic carbocycles. The molecule has 1 aliphatic rings. The summed E-state index contributed by atoms with van der Waals surface area (Å²) >= 11 is 0. The van der Waals surface area contributed by atoms with E-state index in [1.54, 1.807) is 37.3 Å². The van der Waals surface area contributed by atoms with Crippen LogP contribution in [0.15, 0.2) is 56.9 Å². The van der Waals surface area contributed by atoms with Gasteiger partial charge in [0.1, 0.15) is 6.54 Å². The van der Waals surface area contributed by atoms with Gasteiger partial charge in [0.05, 0.1) is 15.7 Å². The van der Waals surface area contributed by atoms with Gasteiger partial charge in [0, 0.05) is 18.8 Å². The number of aryl methyl sites for hydroxylation is 1. The first-order valence-electron chi connectivity index (χ1n) is 10.9. The van der Waals surface area contributed by atoms with Crippen molar-refractivity contribution in [1.29, 1.82) is 0 Å². The first-order chi connectivity index (χ1) is 15.8. The molecule has 0 saturated carbocycles. The summed E-state index contributed by atoms with van der Waals surface area (Å²) in [5.74, 6) is -0.565. The van der Waals surface area contributed by atoms with Crippen LogP contribution in [0.4, 0.5) is 5.69 Å². The summed E-state index contributed by atoms with van der Waals surface area (Å²) in [4.78, 5) is 37.6. The number of carbonyl (C=O) groups excluding carboxylic acids is 1. The molecule has 2 N–H and O–H groups in total. The molecule has 0 radical (unpaired) electrons. The maximum Gasteiger partial charge on any atom is 0.273 e. The van der Waals surface area contributed by atoms with Gasteiger partial charge in [-0.1, -0.05) is 31.0 Å². The van der Waals surface area contributed by atoms with Gasteiger partial charge in [-0.15, -0.1) is 0 Å². The number of nitrogens with zero attached hydrogens (tertiary/aromatic N) is 2. The molecule has 1 fully saturated rings. The van der Waals surface area contributed by atoms with Crippen molar-refractivity contribution in [1.82, 2.24) is 14.1 Å². The molecule has 0 unspecified atom stereocenters. The van der Waals surface area contributed by atoms with Gasteiger partial charge in [-0.3, -0.25) is 19.5 Å². The largest absolute Gasteiger partial charge is 0.324 e. The normalized spacial score (nSPS) is 15.3. The van der Waals surface area contributed by atoms with Crippen molar-refractivity contribution in [2.45, 2.75) is 44.0 Å². The zero-order chi connectivity index (χ0) is 23.6. The summed E-state index contributed by atoms with van der Waals surface area (Å²) in [5.41, 5.74) is -0.0737. The minimum absolute atomic E-state index is 0.151. The number of aromatic amines is 1. The Kier molecular flexibility index (Phi) is 6.48. The number of H-pyrrole nitrogens is 1. The Labute approximate surface area is 191 Å². The fourth-order valence-corrected chi connectivity index (χ4v) is 5.85. The van der Waals surface area contributed by atoms with E-state index in [1.165, 1.54) is 16.4 Å². The van der Waals surface area contributed by atoms with E-state index in [-0.39, 0.29) is 15.7 Å². The van der Waals surface area contributed by atoms with Crippen LogP contribution in [0.25, 0.3) is 10.8 Å². The fraction of sp³-hybridized carbons (Fsp3) is 0.348. The Hall–Kier alpha value is -3.24. The minimum atomic E-state index is -3.69. The van der Waals surface area contributed by atoms with E-state index in [1.807, 2.05) is 0 Å². The van der Waals surface area contributed by atoms with Crippen LogP contribution in [0, 0.1) is 6.92 Å². The van der Waals surface area contributed by atoms with Crippen molar-refractivity contribution < 1.29 is 13.2 Å². The molecule has 2 heterocycles. The zero-order valence-corrected chi connectivity index (χ0v) is 19.2. The third-order valence-electron chi connectivity index (χ3n) is 5.84. The van der Waals surface area contributed by atoms with Gasteiger partial charge in [-0.2, -0.15) is 4.31 Å².